The highest BCUT2D eigenvalue weighted by Crippen LogP contribution is 2.21. The molecule has 2 rings (SSSR count). The lowest BCUT2D eigenvalue weighted by Crippen LogP contribution is -2.14. The number of carbonyl (C=O) groups excluding carboxylic acids is 2. The molecule has 2 N–H and O–H groups in total. The van der Waals surface area contributed by atoms with E-state index in [1.807, 2.05) is 0 Å². The average Bonchev–Trinajstić information content (AvgIpc) is 2.83. The molecule has 8 nitrogen and oxygen atoms in total. The van der Waals surface area contributed by atoms with Crippen molar-refractivity contribution in [3.05, 3.63) is 56.9 Å². The minimum Gasteiger partial charge on any atom is -0.461 e. The Hall–Kier alpha value is -3.16. The third-order valence-electron chi connectivity index (χ3n) is 3.48. The second-order valence-electron chi connectivity index (χ2n) is 5.10. The molecule has 0 atom stereocenters. The highest BCUT2D eigenvalue weighted by atomic mass is 16.6. The quantitative estimate of drug-likeness (QED) is 0.496. The third-order valence-corrected chi connectivity index (χ3v) is 3.48. The fourth-order valence-corrected chi connectivity index (χ4v) is 2.36. The summed E-state index contributed by atoms with van der Waals surface area (Å²) in [6.07, 6.45) is 0. The summed E-state index contributed by atoms with van der Waals surface area (Å²) < 4.78 is 4.94. The van der Waals surface area contributed by atoms with Crippen LogP contribution in [-0.4, -0.2) is 28.4 Å². The Balaban J connectivity index is 2.23. The van der Waals surface area contributed by atoms with Gasteiger partial charge in [-0.2, -0.15) is 0 Å². The zero-order chi connectivity index (χ0) is 17.9. The molecule has 0 saturated heterocycles. The summed E-state index contributed by atoms with van der Waals surface area (Å²) in [5.41, 5.74) is 1.97. The van der Waals surface area contributed by atoms with Gasteiger partial charge in [-0.05, 0) is 38.5 Å². The van der Waals surface area contributed by atoms with Gasteiger partial charge in [-0.15, -0.1) is 0 Å². The van der Waals surface area contributed by atoms with Crippen molar-refractivity contribution in [2.45, 2.75) is 20.8 Å². The maximum Gasteiger partial charge on any atom is 0.355 e. The van der Waals surface area contributed by atoms with E-state index < -0.39 is 16.8 Å². The second-order valence-corrected chi connectivity index (χ2v) is 5.10. The first-order chi connectivity index (χ1) is 11.3. The van der Waals surface area contributed by atoms with Gasteiger partial charge in [-0.3, -0.25) is 14.9 Å². The van der Waals surface area contributed by atoms with E-state index in [1.54, 1.807) is 20.8 Å². The van der Waals surface area contributed by atoms with Gasteiger partial charge >= 0.3 is 5.97 Å². The smallest absolute Gasteiger partial charge is 0.355 e. The molecule has 1 heterocycles. The van der Waals surface area contributed by atoms with E-state index in [0.717, 1.165) is 0 Å². The number of aryl methyl sites for hydroxylation is 1. The number of nitro benzene ring substituents is 1. The number of nitro groups is 1. The molecule has 1 aromatic carbocycles. The summed E-state index contributed by atoms with van der Waals surface area (Å²) in [5.74, 6) is -0.932. The minimum absolute atomic E-state index is 0.0633. The molecule has 1 aromatic heterocycles. The molecule has 0 bridgehead atoms. The molecule has 24 heavy (non-hydrogen) atoms. The number of rotatable bonds is 5. The number of benzene rings is 1. The normalized spacial score (nSPS) is 10.3. The summed E-state index contributed by atoms with van der Waals surface area (Å²) in [6, 6.07) is 5.49. The number of anilines is 1. The first kappa shape index (κ1) is 17.2. The number of H-pyrrole nitrogens is 1. The molecule has 126 valence electrons. The van der Waals surface area contributed by atoms with Crippen LogP contribution in [0.1, 0.15) is 39.0 Å². The number of aromatic nitrogens is 1. The molecule has 0 radical (unpaired) electrons. The molecule has 0 fully saturated rings. The average molecular weight is 331 g/mol. The first-order valence-corrected chi connectivity index (χ1v) is 7.27. The van der Waals surface area contributed by atoms with Gasteiger partial charge in [-0.1, -0.05) is 0 Å². The van der Waals surface area contributed by atoms with Gasteiger partial charge in [0.25, 0.3) is 11.6 Å². The van der Waals surface area contributed by atoms with Crippen molar-refractivity contribution in [3.63, 3.8) is 0 Å². The molecule has 1 amide bonds. The zero-order valence-electron chi connectivity index (χ0n) is 13.5. The van der Waals surface area contributed by atoms with Crippen molar-refractivity contribution in [2.75, 3.05) is 11.9 Å². The molecule has 0 aliphatic heterocycles. The molecule has 0 aliphatic carbocycles. The van der Waals surface area contributed by atoms with E-state index in [-0.39, 0.29) is 18.0 Å². The van der Waals surface area contributed by atoms with E-state index in [4.69, 9.17) is 4.74 Å². The summed E-state index contributed by atoms with van der Waals surface area (Å²) >= 11 is 0. The standard InChI is InChI=1S/C16H17N3O5/c1-4-24-16(21)14-9(2)13(10(3)17-14)15(20)18-11-5-7-12(8-6-11)19(22)23/h5-8,17H,4H2,1-3H3,(H,18,20). The number of hydrogen-bond donors (Lipinski definition) is 2. The highest BCUT2D eigenvalue weighted by molar-refractivity contribution is 6.08. The van der Waals surface area contributed by atoms with E-state index in [1.165, 1.54) is 24.3 Å². The van der Waals surface area contributed by atoms with Gasteiger partial charge in [0.15, 0.2) is 0 Å². The van der Waals surface area contributed by atoms with Crippen LogP contribution >= 0.6 is 0 Å². The van der Waals surface area contributed by atoms with Gasteiger partial charge in [0, 0.05) is 23.5 Å². The lowest BCUT2D eigenvalue weighted by atomic mass is 10.1. The SMILES string of the molecule is CCOC(=O)c1[nH]c(C)c(C(=O)Nc2ccc([N+](=O)[O-])cc2)c1C. The van der Waals surface area contributed by atoms with Crippen LogP contribution in [0, 0.1) is 24.0 Å². The number of aromatic amines is 1. The fourth-order valence-electron chi connectivity index (χ4n) is 2.36. The Morgan fingerprint density at radius 1 is 1.25 bits per heavy atom. The van der Waals surface area contributed by atoms with Crippen molar-refractivity contribution in [1.29, 1.82) is 0 Å². The van der Waals surface area contributed by atoms with Gasteiger partial charge in [0.05, 0.1) is 17.1 Å². The predicted octanol–water partition coefficient (Wildman–Crippen LogP) is 2.97. The molecular formula is C16H17N3O5. The number of esters is 1. The van der Waals surface area contributed by atoms with Crippen molar-refractivity contribution in [3.8, 4) is 0 Å². The lowest BCUT2D eigenvalue weighted by molar-refractivity contribution is -0.384. The first-order valence-electron chi connectivity index (χ1n) is 7.27. The topological polar surface area (TPSA) is 114 Å². The number of non-ortho nitro benzene ring substituents is 1. The van der Waals surface area contributed by atoms with Crippen molar-refractivity contribution in [1.82, 2.24) is 4.98 Å². The number of hydrogen-bond acceptors (Lipinski definition) is 5. The van der Waals surface area contributed by atoms with Crippen molar-refractivity contribution < 1.29 is 19.2 Å². The summed E-state index contributed by atoms with van der Waals surface area (Å²) in [7, 11) is 0. The number of nitrogens with one attached hydrogen (secondary N) is 2. The van der Waals surface area contributed by atoms with Crippen molar-refractivity contribution >= 4 is 23.3 Å². The maximum atomic E-state index is 12.5. The summed E-state index contributed by atoms with van der Waals surface area (Å²) in [5, 5.41) is 13.3. The Morgan fingerprint density at radius 2 is 1.88 bits per heavy atom. The van der Waals surface area contributed by atoms with Crippen LogP contribution in [0.15, 0.2) is 24.3 Å². The Labute approximate surface area is 138 Å². The molecule has 8 heteroatoms. The fraction of sp³-hybridized carbons (Fsp3) is 0.250. The lowest BCUT2D eigenvalue weighted by Gasteiger charge is -2.06. The molecule has 0 aliphatic rings. The van der Waals surface area contributed by atoms with E-state index in [0.29, 0.717) is 22.5 Å². The van der Waals surface area contributed by atoms with Crippen LogP contribution in [0.2, 0.25) is 0 Å². The van der Waals surface area contributed by atoms with Gasteiger partial charge < -0.3 is 15.0 Å². The number of amides is 1. The van der Waals surface area contributed by atoms with E-state index >= 15 is 0 Å². The van der Waals surface area contributed by atoms with Crippen LogP contribution < -0.4 is 5.32 Å². The maximum absolute atomic E-state index is 12.5. The monoisotopic (exact) mass is 331 g/mol. The molecule has 0 saturated carbocycles. The second kappa shape index (κ2) is 6.95. The largest absolute Gasteiger partial charge is 0.461 e. The Morgan fingerprint density at radius 3 is 2.42 bits per heavy atom. The highest BCUT2D eigenvalue weighted by Gasteiger charge is 2.22. The summed E-state index contributed by atoms with van der Waals surface area (Å²) in [6.45, 7) is 5.27. The number of carbonyl (C=O) groups is 2. The Bertz CT molecular complexity index is 793. The third kappa shape index (κ3) is 3.43. The van der Waals surface area contributed by atoms with Gasteiger partial charge in [-0.25, -0.2) is 4.79 Å². The summed E-state index contributed by atoms with van der Waals surface area (Å²) in [4.78, 5) is 37.3. The minimum atomic E-state index is -0.521. The van der Waals surface area contributed by atoms with Crippen LogP contribution in [0.3, 0.4) is 0 Å². The van der Waals surface area contributed by atoms with Crippen molar-refractivity contribution in [2.24, 2.45) is 0 Å². The molecule has 2 aromatic rings. The Kier molecular flexibility index (Phi) is 4.98. The van der Waals surface area contributed by atoms with Gasteiger partial charge in [0.2, 0.25) is 0 Å². The van der Waals surface area contributed by atoms with Crippen LogP contribution in [0.4, 0.5) is 11.4 Å². The van der Waals surface area contributed by atoms with Crippen LogP contribution in [0.25, 0.3) is 0 Å². The number of nitrogens with zero attached hydrogens (tertiary/aromatic N) is 1. The predicted molar refractivity (Wildman–Crippen MR) is 87.3 cm³/mol. The molecular weight excluding hydrogens is 314 g/mol. The molecule has 0 spiro atoms. The zero-order valence-corrected chi connectivity index (χ0v) is 13.5. The van der Waals surface area contributed by atoms with E-state index in [2.05, 4.69) is 10.3 Å². The van der Waals surface area contributed by atoms with E-state index in [9.17, 15) is 19.7 Å². The van der Waals surface area contributed by atoms with Gasteiger partial charge in [0.1, 0.15) is 5.69 Å². The van der Waals surface area contributed by atoms with Crippen LogP contribution in [-0.2, 0) is 4.74 Å². The van der Waals surface area contributed by atoms with Crippen LogP contribution in [0.5, 0.6) is 0 Å². The number of ether oxygens (including phenoxy) is 1. The molecule has 0 unspecified atom stereocenters.